The fourth-order valence-corrected chi connectivity index (χ4v) is 1.88. The topological polar surface area (TPSA) is 59.2 Å². The molecule has 6 nitrogen and oxygen atoms in total. The Labute approximate surface area is 110 Å². The van der Waals surface area contributed by atoms with E-state index in [1.807, 2.05) is 44.1 Å². The summed E-state index contributed by atoms with van der Waals surface area (Å²) in [6.45, 7) is 1.94. The second kappa shape index (κ2) is 4.31. The van der Waals surface area contributed by atoms with Gasteiger partial charge in [0.1, 0.15) is 0 Å². The fourth-order valence-electron chi connectivity index (χ4n) is 1.88. The van der Waals surface area contributed by atoms with Gasteiger partial charge in [-0.2, -0.15) is 14.8 Å². The minimum atomic E-state index is 0.678. The summed E-state index contributed by atoms with van der Waals surface area (Å²) in [6, 6.07) is 5.85. The first-order valence-corrected chi connectivity index (χ1v) is 5.97. The molecule has 0 aliphatic heterocycles. The molecular weight excluding hydrogens is 240 g/mol. The van der Waals surface area contributed by atoms with E-state index in [1.165, 1.54) is 0 Å². The van der Waals surface area contributed by atoms with Crippen molar-refractivity contribution in [3.8, 4) is 11.3 Å². The number of aromatic nitrogens is 5. The van der Waals surface area contributed by atoms with Crippen LogP contribution in [-0.4, -0.2) is 38.9 Å². The highest BCUT2D eigenvalue weighted by molar-refractivity contribution is 5.77. The van der Waals surface area contributed by atoms with E-state index in [9.17, 15) is 0 Å². The van der Waals surface area contributed by atoms with Gasteiger partial charge in [0.25, 0.3) is 0 Å². The summed E-state index contributed by atoms with van der Waals surface area (Å²) >= 11 is 0. The first kappa shape index (κ1) is 11.6. The molecule has 3 heterocycles. The highest BCUT2D eigenvalue weighted by atomic mass is 15.4. The van der Waals surface area contributed by atoms with Crippen LogP contribution in [0, 0.1) is 6.92 Å². The summed E-state index contributed by atoms with van der Waals surface area (Å²) in [7, 11) is 3.83. The average molecular weight is 254 g/mol. The molecule has 0 saturated heterocycles. The third-order valence-electron chi connectivity index (χ3n) is 2.84. The molecule has 3 rings (SSSR count). The molecule has 0 saturated carbocycles. The minimum absolute atomic E-state index is 0.678. The van der Waals surface area contributed by atoms with Crippen LogP contribution in [-0.2, 0) is 0 Å². The Balaban J connectivity index is 2.16. The summed E-state index contributed by atoms with van der Waals surface area (Å²) in [6.07, 6.45) is 3.53. The van der Waals surface area contributed by atoms with Crippen LogP contribution in [0.15, 0.2) is 30.6 Å². The lowest BCUT2D eigenvalue weighted by Crippen LogP contribution is -2.12. The highest BCUT2D eigenvalue weighted by Gasteiger charge is 2.10. The van der Waals surface area contributed by atoms with Crippen LogP contribution in [0.5, 0.6) is 0 Å². The van der Waals surface area contributed by atoms with Gasteiger partial charge < -0.3 is 4.90 Å². The van der Waals surface area contributed by atoms with Crippen LogP contribution in [0.2, 0.25) is 0 Å². The molecule has 0 N–H and O–H groups in total. The summed E-state index contributed by atoms with van der Waals surface area (Å²) in [5.74, 6) is 0.678. The normalized spacial score (nSPS) is 10.9. The van der Waals surface area contributed by atoms with Gasteiger partial charge >= 0.3 is 0 Å². The van der Waals surface area contributed by atoms with Crippen molar-refractivity contribution in [2.24, 2.45) is 0 Å². The maximum atomic E-state index is 4.52. The SMILES string of the molecule is Cc1ccc2c(-c3ccnc(N(C)C)n3)cnn2n1. The largest absolute Gasteiger partial charge is 0.347 e. The second-order valence-corrected chi connectivity index (χ2v) is 4.54. The summed E-state index contributed by atoms with van der Waals surface area (Å²) < 4.78 is 1.63. The van der Waals surface area contributed by atoms with Crippen molar-refractivity contribution >= 4 is 11.5 Å². The van der Waals surface area contributed by atoms with Gasteiger partial charge in [-0.1, -0.05) is 0 Å². The quantitative estimate of drug-likeness (QED) is 0.694. The van der Waals surface area contributed by atoms with E-state index in [2.05, 4.69) is 20.2 Å². The molecule has 0 aromatic carbocycles. The van der Waals surface area contributed by atoms with Gasteiger partial charge in [-0.25, -0.2) is 9.97 Å². The molecule has 3 aromatic heterocycles. The van der Waals surface area contributed by atoms with Crippen LogP contribution < -0.4 is 4.90 Å². The van der Waals surface area contributed by atoms with Crippen molar-refractivity contribution in [2.45, 2.75) is 6.92 Å². The number of hydrogen-bond donors (Lipinski definition) is 0. The molecule has 96 valence electrons. The van der Waals surface area contributed by atoms with E-state index in [0.29, 0.717) is 5.95 Å². The molecule has 6 heteroatoms. The summed E-state index contributed by atoms with van der Waals surface area (Å²) in [4.78, 5) is 10.6. The molecule has 0 aliphatic rings. The molecule has 0 atom stereocenters. The smallest absolute Gasteiger partial charge is 0.225 e. The molecule has 0 spiro atoms. The molecule has 0 unspecified atom stereocenters. The predicted octanol–water partition coefficient (Wildman–Crippen LogP) is 1.56. The molecule has 0 bridgehead atoms. The summed E-state index contributed by atoms with van der Waals surface area (Å²) in [5, 5.41) is 8.59. The second-order valence-electron chi connectivity index (χ2n) is 4.54. The van der Waals surface area contributed by atoms with Crippen molar-refractivity contribution in [2.75, 3.05) is 19.0 Å². The number of rotatable bonds is 2. The Morgan fingerprint density at radius 1 is 1.16 bits per heavy atom. The van der Waals surface area contributed by atoms with Crippen molar-refractivity contribution in [1.29, 1.82) is 0 Å². The Morgan fingerprint density at radius 3 is 2.79 bits per heavy atom. The predicted molar refractivity (Wildman–Crippen MR) is 73.1 cm³/mol. The lowest BCUT2D eigenvalue weighted by atomic mass is 10.2. The van der Waals surface area contributed by atoms with E-state index in [4.69, 9.17) is 0 Å². The third kappa shape index (κ3) is 2.01. The van der Waals surface area contributed by atoms with Crippen molar-refractivity contribution in [1.82, 2.24) is 24.8 Å². The maximum Gasteiger partial charge on any atom is 0.225 e. The third-order valence-corrected chi connectivity index (χ3v) is 2.84. The molecule has 0 radical (unpaired) electrons. The fraction of sp³-hybridized carbons (Fsp3) is 0.231. The molecule has 19 heavy (non-hydrogen) atoms. The van der Waals surface area contributed by atoms with E-state index in [0.717, 1.165) is 22.5 Å². The number of anilines is 1. The molecule has 0 aliphatic carbocycles. The Morgan fingerprint density at radius 2 is 2.00 bits per heavy atom. The lowest BCUT2D eigenvalue weighted by Gasteiger charge is -2.10. The van der Waals surface area contributed by atoms with Gasteiger partial charge in [0.2, 0.25) is 5.95 Å². The lowest BCUT2D eigenvalue weighted by molar-refractivity contribution is 0.781. The Kier molecular flexibility index (Phi) is 2.63. The Hall–Kier alpha value is -2.50. The van der Waals surface area contributed by atoms with E-state index in [-0.39, 0.29) is 0 Å². The van der Waals surface area contributed by atoms with Gasteiger partial charge in [-0.3, -0.25) is 0 Å². The van der Waals surface area contributed by atoms with Crippen molar-refractivity contribution in [3.63, 3.8) is 0 Å². The highest BCUT2D eigenvalue weighted by Crippen LogP contribution is 2.22. The molecule has 0 fully saturated rings. The summed E-state index contributed by atoms with van der Waals surface area (Å²) in [5.41, 5.74) is 3.67. The van der Waals surface area contributed by atoms with Gasteiger partial charge in [-0.05, 0) is 25.1 Å². The van der Waals surface area contributed by atoms with Crippen LogP contribution >= 0.6 is 0 Å². The van der Waals surface area contributed by atoms with Crippen LogP contribution in [0.3, 0.4) is 0 Å². The van der Waals surface area contributed by atoms with Gasteiger partial charge in [0.15, 0.2) is 0 Å². The number of aryl methyl sites for hydroxylation is 1. The number of nitrogens with zero attached hydrogens (tertiary/aromatic N) is 6. The standard InChI is InChI=1S/C13H14N6/c1-9-4-5-12-10(8-15-19(12)17-9)11-6-7-14-13(16-11)18(2)3/h4-8H,1-3H3. The first-order valence-electron chi connectivity index (χ1n) is 5.97. The van der Waals surface area contributed by atoms with E-state index >= 15 is 0 Å². The molecule has 3 aromatic rings. The van der Waals surface area contributed by atoms with Gasteiger partial charge in [-0.15, -0.1) is 0 Å². The maximum absolute atomic E-state index is 4.52. The first-order chi connectivity index (χ1) is 9.15. The van der Waals surface area contributed by atoms with Crippen LogP contribution in [0.25, 0.3) is 16.8 Å². The Bertz CT molecular complexity index is 731. The zero-order chi connectivity index (χ0) is 13.4. The number of hydrogen-bond acceptors (Lipinski definition) is 5. The zero-order valence-electron chi connectivity index (χ0n) is 11.1. The van der Waals surface area contributed by atoms with E-state index in [1.54, 1.807) is 17.0 Å². The van der Waals surface area contributed by atoms with Crippen molar-refractivity contribution in [3.05, 3.63) is 36.3 Å². The molecular formula is C13H14N6. The zero-order valence-corrected chi connectivity index (χ0v) is 11.1. The average Bonchev–Trinajstić information content (AvgIpc) is 2.81. The van der Waals surface area contributed by atoms with Gasteiger partial charge in [0.05, 0.1) is 23.1 Å². The monoisotopic (exact) mass is 254 g/mol. The van der Waals surface area contributed by atoms with Crippen LogP contribution in [0.1, 0.15) is 5.69 Å². The van der Waals surface area contributed by atoms with Crippen LogP contribution in [0.4, 0.5) is 5.95 Å². The number of fused-ring (bicyclic) bond motifs is 1. The van der Waals surface area contributed by atoms with E-state index < -0.39 is 0 Å². The van der Waals surface area contributed by atoms with Crippen molar-refractivity contribution < 1.29 is 0 Å². The molecule has 0 amide bonds. The minimum Gasteiger partial charge on any atom is -0.347 e. The van der Waals surface area contributed by atoms with Gasteiger partial charge in [0, 0.05) is 25.9 Å².